The minimum Gasteiger partial charge on any atom is -0.493 e. The van der Waals surface area contributed by atoms with Gasteiger partial charge in [0.25, 0.3) is 0 Å². The first-order chi connectivity index (χ1) is 13.4. The van der Waals surface area contributed by atoms with Crippen molar-refractivity contribution in [1.82, 2.24) is 15.1 Å². The number of nitrogens with zero attached hydrogens (tertiary/aromatic N) is 3. The Hall–Kier alpha value is -2.54. The molecular weight excluding hydrogens is 354 g/mol. The van der Waals surface area contributed by atoms with Gasteiger partial charge in [0.15, 0.2) is 5.96 Å². The Bertz CT molecular complexity index is 828. The Morgan fingerprint density at radius 3 is 2.89 bits per heavy atom. The number of guanidine groups is 1. The number of ether oxygens (including phenoxy) is 2. The molecule has 2 aliphatic rings. The molecule has 4 atom stereocenters. The van der Waals surface area contributed by atoms with Crippen LogP contribution in [-0.4, -0.2) is 40.1 Å². The van der Waals surface area contributed by atoms with Crippen LogP contribution in [0.3, 0.4) is 0 Å². The summed E-state index contributed by atoms with van der Waals surface area (Å²) in [7, 11) is 0. The summed E-state index contributed by atoms with van der Waals surface area (Å²) in [4.78, 5) is 4.75. The molecule has 28 heavy (non-hydrogen) atoms. The Morgan fingerprint density at radius 1 is 1.32 bits per heavy atom. The van der Waals surface area contributed by atoms with Crippen LogP contribution in [0.5, 0.6) is 5.75 Å². The number of benzene rings is 1. The van der Waals surface area contributed by atoms with Gasteiger partial charge < -0.3 is 20.5 Å². The van der Waals surface area contributed by atoms with Crippen LogP contribution in [0.1, 0.15) is 51.3 Å². The molecular formula is C21H29N5O2. The summed E-state index contributed by atoms with van der Waals surface area (Å²) in [6.07, 6.45) is 5.54. The van der Waals surface area contributed by atoms with E-state index in [9.17, 15) is 0 Å². The average Bonchev–Trinajstić information content (AvgIpc) is 3.13. The van der Waals surface area contributed by atoms with Gasteiger partial charge in [-0.05, 0) is 39.3 Å². The number of para-hydroxylation sites is 1. The van der Waals surface area contributed by atoms with Gasteiger partial charge in [0.2, 0.25) is 0 Å². The zero-order valence-corrected chi connectivity index (χ0v) is 16.7. The van der Waals surface area contributed by atoms with E-state index in [1.165, 1.54) is 0 Å². The summed E-state index contributed by atoms with van der Waals surface area (Å²) >= 11 is 0. The Balaban J connectivity index is 1.47. The van der Waals surface area contributed by atoms with E-state index in [4.69, 9.17) is 20.2 Å². The zero-order chi connectivity index (χ0) is 19.7. The first-order valence-electron chi connectivity index (χ1n) is 9.89. The highest BCUT2D eigenvalue weighted by atomic mass is 16.5. The third-order valence-corrected chi connectivity index (χ3v) is 5.17. The highest BCUT2D eigenvalue weighted by Gasteiger charge is 2.45. The lowest BCUT2D eigenvalue weighted by Gasteiger charge is -2.47. The molecule has 0 bridgehead atoms. The Labute approximate surface area is 165 Å². The first kappa shape index (κ1) is 18.8. The van der Waals surface area contributed by atoms with Gasteiger partial charge >= 0.3 is 0 Å². The highest BCUT2D eigenvalue weighted by Crippen LogP contribution is 2.38. The van der Waals surface area contributed by atoms with Crippen molar-refractivity contribution in [2.75, 3.05) is 6.61 Å². The second kappa shape index (κ2) is 7.47. The number of aromatic nitrogens is 2. The average molecular weight is 383 g/mol. The molecule has 2 heterocycles. The van der Waals surface area contributed by atoms with Crippen LogP contribution in [0, 0.1) is 0 Å². The third kappa shape index (κ3) is 3.99. The van der Waals surface area contributed by atoms with Crippen LogP contribution in [0.25, 0.3) is 0 Å². The molecule has 2 aromatic rings. The molecule has 7 heteroatoms. The van der Waals surface area contributed by atoms with E-state index in [0.29, 0.717) is 12.6 Å². The van der Waals surface area contributed by atoms with Crippen LogP contribution in [-0.2, 0) is 4.74 Å². The van der Waals surface area contributed by atoms with Crippen molar-refractivity contribution in [2.24, 2.45) is 10.7 Å². The molecule has 0 saturated heterocycles. The molecule has 0 spiro atoms. The smallest absolute Gasteiger partial charge is 0.189 e. The summed E-state index contributed by atoms with van der Waals surface area (Å²) in [5, 5.41) is 7.82. The van der Waals surface area contributed by atoms with Crippen LogP contribution < -0.4 is 15.8 Å². The number of aliphatic imine (C=N–C) groups is 1. The second-order valence-corrected chi connectivity index (χ2v) is 8.44. The maximum Gasteiger partial charge on any atom is 0.189 e. The summed E-state index contributed by atoms with van der Waals surface area (Å²) in [5.74, 6) is 1.35. The second-order valence-electron chi connectivity index (χ2n) is 8.44. The topological polar surface area (TPSA) is 86.7 Å². The van der Waals surface area contributed by atoms with Crippen LogP contribution in [0.2, 0.25) is 0 Å². The normalized spacial score (nSPS) is 27.5. The van der Waals surface area contributed by atoms with Crippen molar-refractivity contribution >= 4 is 5.96 Å². The fraction of sp³-hybridized carbons (Fsp3) is 0.524. The predicted octanol–water partition coefficient (Wildman–Crippen LogP) is 2.81. The predicted molar refractivity (Wildman–Crippen MR) is 108 cm³/mol. The van der Waals surface area contributed by atoms with E-state index in [2.05, 4.69) is 37.3 Å². The van der Waals surface area contributed by atoms with E-state index < -0.39 is 0 Å². The van der Waals surface area contributed by atoms with E-state index >= 15 is 0 Å². The standard InChI is InChI=1S/C21H29N5O2/c1-21(2,3)28-18-13-16(19(18)26-11-6-10-23-26)25-20(22)24-15-9-12-27-17-8-5-4-7-14(15)17/h4-8,10-11,15-16,18-19H,9,12-13H2,1-3H3,(H3,22,24,25). The van der Waals surface area contributed by atoms with Crippen molar-refractivity contribution in [1.29, 1.82) is 0 Å². The Morgan fingerprint density at radius 2 is 2.14 bits per heavy atom. The molecule has 4 rings (SSSR count). The van der Waals surface area contributed by atoms with Crippen molar-refractivity contribution in [3.63, 3.8) is 0 Å². The number of nitrogens with two attached hydrogens (primary N) is 1. The summed E-state index contributed by atoms with van der Waals surface area (Å²) < 4.78 is 13.9. The summed E-state index contributed by atoms with van der Waals surface area (Å²) in [6, 6.07) is 10.2. The molecule has 1 aliphatic carbocycles. The van der Waals surface area contributed by atoms with Crippen molar-refractivity contribution in [3.05, 3.63) is 48.3 Å². The zero-order valence-electron chi connectivity index (χ0n) is 16.7. The molecule has 1 saturated carbocycles. The van der Waals surface area contributed by atoms with Crippen LogP contribution >= 0.6 is 0 Å². The quantitative estimate of drug-likeness (QED) is 0.626. The lowest BCUT2D eigenvalue weighted by Crippen LogP contribution is -2.59. The van der Waals surface area contributed by atoms with E-state index in [0.717, 1.165) is 24.2 Å². The first-order valence-corrected chi connectivity index (χ1v) is 9.89. The summed E-state index contributed by atoms with van der Waals surface area (Å²) in [6.45, 7) is 6.88. The van der Waals surface area contributed by atoms with E-state index in [1.807, 2.05) is 35.1 Å². The third-order valence-electron chi connectivity index (χ3n) is 5.17. The summed E-state index contributed by atoms with van der Waals surface area (Å²) in [5.41, 5.74) is 7.17. The monoisotopic (exact) mass is 383 g/mol. The molecule has 4 unspecified atom stereocenters. The van der Waals surface area contributed by atoms with Crippen molar-refractivity contribution in [2.45, 2.75) is 63.4 Å². The van der Waals surface area contributed by atoms with Gasteiger partial charge in [0.05, 0.1) is 36.4 Å². The van der Waals surface area contributed by atoms with Gasteiger partial charge in [-0.3, -0.25) is 4.68 Å². The highest BCUT2D eigenvalue weighted by molar-refractivity contribution is 5.78. The minimum absolute atomic E-state index is 0.0160. The molecule has 1 aromatic carbocycles. The van der Waals surface area contributed by atoms with Gasteiger partial charge in [-0.25, -0.2) is 4.99 Å². The number of nitrogens with one attached hydrogen (secondary N) is 1. The van der Waals surface area contributed by atoms with Crippen molar-refractivity contribution in [3.8, 4) is 5.75 Å². The number of hydrogen-bond acceptors (Lipinski definition) is 4. The van der Waals surface area contributed by atoms with Gasteiger partial charge in [0.1, 0.15) is 5.75 Å². The SMILES string of the molecule is CC(C)(C)OC1CC(NC(N)=NC2CCOc3ccccc32)C1n1cccn1. The van der Waals surface area contributed by atoms with Crippen LogP contribution in [0.4, 0.5) is 0 Å². The lowest BCUT2D eigenvalue weighted by atomic mass is 9.82. The van der Waals surface area contributed by atoms with Crippen molar-refractivity contribution < 1.29 is 9.47 Å². The number of rotatable bonds is 4. The lowest BCUT2D eigenvalue weighted by molar-refractivity contribution is -0.132. The molecule has 150 valence electrons. The van der Waals surface area contributed by atoms with E-state index in [1.54, 1.807) is 6.20 Å². The van der Waals surface area contributed by atoms with Gasteiger partial charge in [0, 0.05) is 24.4 Å². The fourth-order valence-electron chi connectivity index (χ4n) is 3.97. The number of hydrogen-bond donors (Lipinski definition) is 2. The van der Waals surface area contributed by atoms with Gasteiger partial charge in [-0.2, -0.15) is 5.10 Å². The van der Waals surface area contributed by atoms with Gasteiger partial charge in [-0.15, -0.1) is 0 Å². The molecule has 7 nitrogen and oxygen atoms in total. The minimum atomic E-state index is -0.202. The molecule has 1 fully saturated rings. The maximum atomic E-state index is 6.29. The maximum absolute atomic E-state index is 6.29. The number of fused-ring (bicyclic) bond motifs is 1. The van der Waals surface area contributed by atoms with Gasteiger partial charge in [-0.1, -0.05) is 18.2 Å². The van der Waals surface area contributed by atoms with Crippen LogP contribution in [0.15, 0.2) is 47.7 Å². The molecule has 0 radical (unpaired) electrons. The molecule has 3 N–H and O–H groups in total. The fourth-order valence-corrected chi connectivity index (χ4v) is 3.97. The molecule has 1 aliphatic heterocycles. The largest absolute Gasteiger partial charge is 0.493 e. The Kier molecular flexibility index (Phi) is 5.02. The molecule has 0 amide bonds. The molecule has 1 aromatic heterocycles. The van der Waals surface area contributed by atoms with E-state index in [-0.39, 0.29) is 29.8 Å².